The first-order valence-electron chi connectivity index (χ1n) is 3.58. The zero-order valence-electron chi connectivity index (χ0n) is 6.11. The van der Waals surface area contributed by atoms with Crippen molar-refractivity contribution in [2.24, 2.45) is 5.92 Å². The summed E-state index contributed by atoms with van der Waals surface area (Å²) >= 11 is 0. The van der Waals surface area contributed by atoms with E-state index >= 15 is 0 Å². The molecule has 0 radical (unpaired) electrons. The molecule has 0 aliphatic heterocycles. The first-order valence-corrected chi connectivity index (χ1v) is 3.58. The Labute approximate surface area is 57.3 Å². The highest BCUT2D eigenvalue weighted by atomic mass is 14.2. The van der Waals surface area contributed by atoms with E-state index in [1.807, 2.05) is 0 Å². The van der Waals surface area contributed by atoms with E-state index < -0.39 is 0 Å². The zero-order chi connectivity index (χ0) is 6.85. The molecule has 0 amide bonds. The summed E-state index contributed by atoms with van der Waals surface area (Å²) in [6.07, 6.45) is 3.78. The lowest BCUT2D eigenvalue weighted by Crippen LogP contribution is -2.06. The summed E-state index contributed by atoms with van der Waals surface area (Å²) in [7, 11) is 0. The minimum Gasteiger partial charge on any atom is -0.0956 e. The fourth-order valence-electron chi connectivity index (χ4n) is 1.30. The number of allylic oxidation sites excluding steroid dienone is 2. The summed E-state index contributed by atoms with van der Waals surface area (Å²) in [4.78, 5) is 0. The lowest BCUT2D eigenvalue weighted by molar-refractivity contribution is 0.542. The maximum atomic E-state index is 3.98. The van der Waals surface area contributed by atoms with Crippen molar-refractivity contribution in [3.8, 4) is 0 Å². The molecule has 0 aromatic carbocycles. The molecule has 1 aliphatic carbocycles. The molecule has 1 fully saturated rings. The van der Waals surface area contributed by atoms with Crippen LogP contribution in [0.25, 0.3) is 0 Å². The molecular weight excluding hydrogens is 108 g/mol. The van der Waals surface area contributed by atoms with Crippen molar-refractivity contribution in [3.05, 3.63) is 24.3 Å². The van der Waals surface area contributed by atoms with E-state index in [1.54, 1.807) is 0 Å². The van der Waals surface area contributed by atoms with Crippen molar-refractivity contribution in [1.29, 1.82) is 0 Å². The van der Waals surface area contributed by atoms with Gasteiger partial charge in [0.1, 0.15) is 0 Å². The molecule has 0 nitrogen and oxygen atoms in total. The van der Waals surface area contributed by atoms with E-state index in [1.165, 1.54) is 30.4 Å². The minimum atomic E-state index is 0.686. The molecular formula is C9H14. The first-order chi connectivity index (χ1) is 4.22. The van der Waals surface area contributed by atoms with Crippen molar-refractivity contribution in [2.75, 3.05) is 0 Å². The van der Waals surface area contributed by atoms with Crippen molar-refractivity contribution < 1.29 is 0 Å². The van der Waals surface area contributed by atoms with Crippen LogP contribution in [0.15, 0.2) is 24.3 Å². The van der Waals surface area contributed by atoms with Crippen LogP contribution in [0.4, 0.5) is 0 Å². The number of hydrogen-bond acceptors (Lipinski definition) is 0. The predicted octanol–water partition coefficient (Wildman–Crippen LogP) is 2.92. The SMILES string of the molecule is C=C1CCCC(C)C1=C. The summed E-state index contributed by atoms with van der Waals surface area (Å²) in [5.41, 5.74) is 2.55. The molecule has 0 heterocycles. The van der Waals surface area contributed by atoms with E-state index in [0.717, 1.165) is 0 Å². The smallest absolute Gasteiger partial charge is 0.0194 e. The van der Waals surface area contributed by atoms with Gasteiger partial charge < -0.3 is 0 Å². The maximum Gasteiger partial charge on any atom is -0.0194 e. The van der Waals surface area contributed by atoms with Gasteiger partial charge in [0.15, 0.2) is 0 Å². The molecule has 0 aromatic rings. The molecule has 1 rings (SSSR count). The average Bonchev–Trinajstić information content (AvgIpc) is 1.83. The van der Waals surface area contributed by atoms with Gasteiger partial charge in [-0.1, -0.05) is 25.7 Å². The zero-order valence-corrected chi connectivity index (χ0v) is 6.11. The molecule has 0 saturated heterocycles. The molecule has 1 saturated carbocycles. The van der Waals surface area contributed by atoms with Crippen molar-refractivity contribution in [3.63, 3.8) is 0 Å². The van der Waals surface area contributed by atoms with E-state index in [0.29, 0.717) is 5.92 Å². The maximum absolute atomic E-state index is 3.98. The van der Waals surface area contributed by atoms with Crippen molar-refractivity contribution in [1.82, 2.24) is 0 Å². The van der Waals surface area contributed by atoms with Crippen LogP contribution < -0.4 is 0 Å². The van der Waals surface area contributed by atoms with E-state index in [9.17, 15) is 0 Å². The second kappa shape index (κ2) is 2.38. The average molecular weight is 122 g/mol. The Morgan fingerprint density at radius 2 is 2.11 bits per heavy atom. The predicted molar refractivity (Wildman–Crippen MR) is 41.3 cm³/mol. The lowest BCUT2D eigenvalue weighted by Gasteiger charge is -2.22. The summed E-state index contributed by atoms with van der Waals surface area (Å²) < 4.78 is 0. The van der Waals surface area contributed by atoms with E-state index in [-0.39, 0.29) is 0 Å². The highest BCUT2D eigenvalue weighted by Gasteiger charge is 2.14. The summed E-state index contributed by atoms with van der Waals surface area (Å²) in [5.74, 6) is 0.686. The molecule has 1 unspecified atom stereocenters. The molecule has 0 aromatic heterocycles. The molecule has 50 valence electrons. The van der Waals surface area contributed by atoms with E-state index in [4.69, 9.17) is 0 Å². The molecule has 1 atom stereocenters. The van der Waals surface area contributed by atoms with Crippen LogP contribution in [0.2, 0.25) is 0 Å². The molecule has 0 bridgehead atoms. The van der Waals surface area contributed by atoms with Gasteiger partial charge in [-0.15, -0.1) is 0 Å². The summed E-state index contributed by atoms with van der Waals surface area (Å²) in [6, 6.07) is 0. The topological polar surface area (TPSA) is 0 Å². The van der Waals surface area contributed by atoms with Gasteiger partial charge in [-0.2, -0.15) is 0 Å². The molecule has 1 aliphatic rings. The Morgan fingerprint density at radius 3 is 2.56 bits per heavy atom. The Balaban J connectivity index is 2.62. The highest BCUT2D eigenvalue weighted by molar-refractivity contribution is 5.28. The quantitative estimate of drug-likeness (QED) is 0.463. The van der Waals surface area contributed by atoms with Crippen LogP contribution in [-0.2, 0) is 0 Å². The fraction of sp³-hybridized carbons (Fsp3) is 0.556. The Bertz CT molecular complexity index is 142. The molecule has 9 heavy (non-hydrogen) atoms. The third kappa shape index (κ3) is 1.24. The molecule has 0 spiro atoms. The third-order valence-electron chi connectivity index (χ3n) is 2.16. The van der Waals surface area contributed by atoms with Crippen LogP contribution >= 0.6 is 0 Å². The third-order valence-corrected chi connectivity index (χ3v) is 2.16. The summed E-state index contributed by atoms with van der Waals surface area (Å²) in [6.45, 7) is 10.2. The van der Waals surface area contributed by atoms with Crippen LogP contribution in [0.5, 0.6) is 0 Å². The largest absolute Gasteiger partial charge is 0.0956 e. The number of rotatable bonds is 0. The van der Waals surface area contributed by atoms with Gasteiger partial charge in [0.25, 0.3) is 0 Å². The van der Waals surface area contributed by atoms with Gasteiger partial charge in [-0.25, -0.2) is 0 Å². The van der Waals surface area contributed by atoms with Gasteiger partial charge in [0, 0.05) is 0 Å². The van der Waals surface area contributed by atoms with Gasteiger partial charge in [0.2, 0.25) is 0 Å². The monoisotopic (exact) mass is 122 g/mol. The van der Waals surface area contributed by atoms with Crippen LogP contribution in [0, 0.1) is 5.92 Å². The Kier molecular flexibility index (Phi) is 1.75. The van der Waals surface area contributed by atoms with Gasteiger partial charge >= 0.3 is 0 Å². The summed E-state index contributed by atoms with van der Waals surface area (Å²) in [5, 5.41) is 0. The van der Waals surface area contributed by atoms with Crippen LogP contribution in [-0.4, -0.2) is 0 Å². The first kappa shape index (κ1) is 6.60. The highest BCUT2D eigenvalue weighted by Crippen LogP contribution is 2.30. The van der Waals surface area contributed by atoms with Gasteiger partial charge in [0.05, 0.1) is 0 Å². The standard InChI is InChI=1S/C9H14/c1-7-5-4-6-8(2)9(7)3/h8H,1,3-6H2,2H3. The lowest BCUT2D eigenvalue weighted by atomic mass is 9.84. The van der Waals surface area contributed by atoms with E-state index in [2.05, 4.69) is 20.1 Å². The molecule has 0 N–H and O–H groups in total. The van der Waals surface area contributed by atoms with Gasteiger partial charge in [-0.05, 0) is 30.8 Å². The fourth-order valence-corrected chi connectivity index (χ4v) is 1.30. The second-order valence-electron chi connectivity index (χ2n) is 2.92. The van der Waals surface area contributed by atoms with Gasteiger partial charge in [-0.3, -0.25) is 0 Å². The van der Waals surface area contributed by atoms with Crippen molar-refractivity contribution in [2.45, 2.75) is 26.2 Å². The second-order valence-corrected chi connectivity index (χ2v) is 2.92. The van der Waals surface area contributed by atoms with Crippen molar-refractivity contribution >= 4 is 0 Å². The van der Waals surface area contributed by atoms with Crippen LogP contribution in [0.1, 0.15) is 26.2 Å². The Hall–Kier alpha value is -0.520. The molecule has 0 heteroatoms. The van der Waals surface area contributed by atoms with Crippen LogP contribution in [0.3, 0.4) is 0 Å². The normalized spacial score (nSPS) is 28.8. The number of hydrogen-bond donors (Lipinski definition) is 0. The minimum absolute atomic E-state index is 0.686. The Morgan fingerprint density at radius 1 is 1.44 bits per heavy atom.